The maximum absolute atomic E-state index is 12.3. The number of methoxy groups -OCH3 is 2. The van der Waals surface area contributed by atoms with Crippen molar-refractivity contribution in [2.75, 3.05) is 14.2 Å². The van der Waals surface area contributed by atoms with Gasteiger partial charge >= 0.3 is 0 Å². The van der Waals surface area contributed by atoms with Gasteiger partial charge in [-0.05, 0) is 48.8 Å². The molecule has 1 saturated heterocycles. The average Bonchev–Trinajstić information content (AvgIpc) is 3.27. The molecule has 1 aliphatic heterocycles. The van der Waals surface area contributed by atoms with E-state index in [2.05, 4.69) is 5.32 Å². The minimum Gasteiger partial charge on any atom is -0.493 e. The summed E-state index contributed by atoms with van der Waals surface area (Å²) < 4.78 is 10.5. The standard InChI is InChI=1S/C15H16N2O3S/c1-19-12-6-3-9(8-13(12)20-2)7-11-14(18)17(10-4-5-10)15(21)16-11/h3,6-8,10H,4-5H2,1-2H3,(H,16,21). The Morgan fingerprint density at radius 2 is 2.00 bits per heavy atom. The molecule has 1 aromatic carbocycles. The lowest BCUT2D eigenvalue weighted by Gasteiger charge is -2.11. The van der Waals surface area contributed by atoms with E-state index in [1.165, 1.54) is 0 Å². The first-order valence-corrected chi connectivity index (χ1v) is 7.13. The van der Waals surface area contributed by atoms with Crippen molar-refractivity contribution in [3.63, 3.8) is 0 Å². The van der Waals surface area contributed by atoms with Crippen molar-refractivity contribution in [2.24, 2.45) is 0 Å². The Kier molecular flexibility index (Phi) is 3.55. The van der Waals surface area contributed by atoms with Gasteiger partial charge in [-0.1, -0.05) is 6.07 Å². The molecule has 1 saturated carbocycles. The van der Waals surface area contributed by atoms with E-state index in [0.29, 0.717) is 22.3 Å². The van der Waals surface area contributed by atoms with E-state index in [1.807, 2.05) is 18.2 Å². The van der Waals surface area contributed by atoms with Crippen LogP contribution >= 0.6 is 12.2 Å². The van der Waals surface area contributed by atoms with E-state index in [0.717, 1.165) is 18.4 Å². The summed E-state index contributed by atoms with van der Waals surface area (Å²) in [5.74, 6) is 1.22. The van der Waals surface area contributed by atoms with Gasteiger partial charge in [0.15, 0.2) is 16.6 Å². The molecular formula is C15H16N2O3S. The third kappa shape index (κ3) is 2.58. The van der Waals surface area contributed by atoms with Gasteiger partial charge in [-0.25, -0.2) is 0 Å². The molecule has 1 amide bonds. The lowest BCUT2D eigenvalue weighted by atomic mass is 10.1. The van der Waals surface area contributed by atoms with Gasteiger partial charge in [0, 0.05) is 6.04 Å². The highest BCUT2D eigenvalue weighted by atomic mass is 32.1. The smallest absolute Gasteiger partial charge is 0.276 e. The second-order valence-corrected chi connectivity index (χ2v) is 5.40. The van der Waals surface area contributed by atoms with Crippen molar-refractivity contribution in [2.45, 2.75) is 18.9 Å². The first-order chi connectivity index (χ1) is 10.1. The van der Waals surface area contributed by atoms with Crippen molar-refractivity contribution >= 4 is 29.3 Å². The Hall–Kier alpha value is -2.08. The molecule has 0 unspecified atom stereocenters. The van der Waals surface area contributed by atoms with Crippen molar-refractivity contribution < 1.29 is 14.3 Å². The van der Waals surface area contributed by atoms with E-state index < -0.39 is 0 Å². The Bertz CT molecular complexity index is 638. The molecule has 0 atom stereocenters. The number of nitrogens with one attached hydrogen (secondary N) is 1. The van der Waals surface area contributed by atoms with Crippen LogP contribution in [0.25, 0.3) is 6.08 Å². The summed E-state index contributed by atoms with van der Waals surface area (Å²) in [5.41, 5.74) is 1.35. The molecule has 110 valence electrons. The monoisotopic (exact) mass is 304 g/mol. The third-order valence-corrected chi connectivity index (χ3v) is 3.84. The Morgan fingerprint density at radius 3 is 2.62 bits per heavy atom. The minimum atomic E-state index is -0.0581. The topological polar surface area (TPSA) is 50.8 Å². The molecule has 6 heteroatoms. The number of hydrogen-bond acceptors (Lipinski definition) is 4. The third-order valence-electron chi connectivity index (χ3n) is 3.54. The molecule has 2 aliphatic rings. The van der Waals surface area contributed by atoms with Crippen LogP contribution in [-0.2, 0) is 4.79 Å². The van der Waals surface area contributed by atoms with Crippen molar-refractivity contribution in [1.29, 1.82) is 0 Å². The first kappa shape index (κ1) is 13.9. The number of thiocarbonyl (C=S) groups is 1. The zero-order valence-corrected chi connectivity index (χ0v) is 12.7. The van der Waals surface area contributed by atoms with Gasteiger partial charge in [0.1, 0.15) is 5.70 Å². The highest BCUT2D eigenvalue weighted by Gasteiger charge is 2.41. The van der Waals surface area contributed by atoms with E-state index in [-0.39, 0.29) is 11.9 Å². The fourth-order valence-electron chi connectivity index (χ4n) is 2.32. The van der Waals surface area contributed by atoms with Crippen molar-refractivity contribution in [1.82, 2.24) is 10.2 Å². The molecular weight excluding hydrogens is 288 g/mol. The molecule has 3 rings (SSSR count). The van der Waals surface area contributed by atoms with Crippen molar-refractivity contribution in [3.05, 3.63) is 29.5 Å². The highest BCUT2D eigenvalue weighted by Crippen LogP contribution is 2.32. The summed E-state index contributed by atoms with van der Waals surface area (Å²) in [6, 6.07) is 5.77. The number of nitrogens with zero attached hydrogens (tertiary/aromatic N) is 1. The number of carbonyl (C=O) groups excluding carboxylic acids is 1. The van der Waals surface area contributed by atoms with Gasteiger partial charge in [0.25, 0.3) is 5.91 Å². The molecule has 0 radical (unpaired) electrons. The summed E-state index contributed by atoms with van der Waals surface area (Å²) in [7, 11) is 3.17. The first-order valence-electron chi connectivity index (χ1n) is 6.72. The van der Waals surface area contributed by atoms with Crippen LogP contribution in [0.3, 0.4) is 0 Å². The van der Waals surface area contributed by atoms with E-state index >= 15 is 0 Å². The molecule has 0 bridgehead atoms. The minimum absolute atomic E-state index is 0.0581. The molecule has 5 nitrogen and oxygen atoms in total. The van der Waals surface area contributed by atoms with E-state index in [9.17, 15) is 4.79 Å². The van der Waals surface area contributed by atoms with Crippen LogP contribution in [0.5, 0.6) is 11.5 Å². The number of amides is 1. The van der Waals surface area contributed by atoms with Gasteiger partial charge in [0.2, 0.25) is 0 Å². The van der Waals surface area contributed by atoms with Gasteiger partial charge in [-0.3, -0.25) is 9.69 Å². The van der Waals surface area contributed by atoms with Crippen LogP contribution in [0.1, 0.15) is 18.4 Å². The predicted octanol–water partition coefficient (Wildman–Crippen LogP) is 1.92. The maximum Gasteiger partial charge on any atom is 0.276 e. The SMILES string of the molecule is COc1ccc(C=C2NC(=S)N(C3CC3)C2=O)cc1OC. The molecule has 1 aliphatic carbocycles. The molecule has 1 aromatic rings. The van der Waals surface area contributed by atoms with Crippen LogP contribution in [0, 0.1) is 0 Å². The Balaban J connectivity index is 1.88. The molecule has 2 fully saturated rings. The molecule has 1 heterocycles. The maximum atomic E-state index is 12.3. The molecule has 0 spiro atoms. The normalized spacial score (nSPS) is 19.9. The van der Waals surface area contributed by atoms with Gasteiger partial charge < -0.3 is 14.8 Å². The van der Waals surface area contributed by atoms with Crippen LogP contribution in [-0.4, -0.2) is 36.2 Å². The average molecular weight is 304 g/mol. The predicted molar refractivity (Wildman–Crippen MR) is 83.1 cm³/mol. The van der Waals surface area contributed by atoms with Gasteiger partial charge in [-0.15, -0.1) is 0 Å². The number of ether oxygens (including phenoxy) is 2. The van der Waals surface area contributed by atoms with Crippen LogP contribution in [0.2, 0.25) is 0 Å². The summed E-state index contributed by atoms with van der Waals surface area (Å²) in [6.07, 6.45) is 3.83. The number of hydrogen-bond donors (Lipinski definition) is 1. The van der Waals surface area contributed by atoms with Gasteiger partial charge in [-0.2, -0.15) is 0 Å². The zero-order chi connectivity index (χ0) is 15.0. The van der Waals surface area contributed by atoms with Crippen molar-refractivity contribution in [3.8, 4) is 11.5 Å². The van der Waals surface area contributed by atoms with E-state index in [1.54, 1.807) is 25.2 Å². The highest BCUT2D eigenvalue weighted by molar-refractivity contribution is 7.80. The Morgan fingerprint density at radius 1 is 1.29 bits per heavy atom. The second-order valence-electron chi connectivity index (χ2n) is 5.01. The molecule has 21 heavy (non-hydrogen) atoms. The molecule has 1 N–H and O–H groups in total. The summed E-state index contributed by atoms with van der Waals surface area (Å²) in [5, 5.41) is 3.48. The second kappa shape index (κ2) is 5.37. The fourth-order valence-corrected chi connectivity index (χ4v) is 2.66. The number of benzene rings is 1. The number of rotatable bonds is 4. The fraction of sp³-hybridized carbons (Fsp3) is 0.333. The van der Waals surface area contributed by atoms with Gasteiger partial charge in [0.05, 0.1) is 14.2 Å². The zero-order valence-electron chi connectivity index (χ0n) is 11.9. The summed E-state index contributed by atoms with van der Waals surface area (Å²) in [4.78, 5) is 14.0. The quantitative estimate of drug-likeness (QED) is 0.680. The van der Waals surface area contributed by atoms with Crippen LogP contribution < -0.4 is 14.8 Å². The Labute approximate surface area is 128 Å². The summed E-state index contributed by atoms with van der Waals surface area (Å²) in [6.45, 7) is 0. The summed E-state index contributed by atoms with van der Waals surface area (Å²) >= 11 is 5.22. The van der Waals surface area contributed by atoms with Crippen LogP contribution in [0.4, 0.5) is 0 Å². The molecule has 0 aromatic heterocycles. The van der Waals surface area contributed by atoms with Crippen LogP contribution in [0.15, 0.2) is 23.9 Å². The lowest BCUT2D eigenvalue weighted by Crippen LogP contribution is -2.32. The lowest BCUT2D eigenvalue weighted by molar-refractivity contribution is -0.122. The largest absolute Gasteiger partial charge is 0.493 e. The number of carbonyl (C=O) groups is 1. The van der Waals surface area contributed by atoms with E-state index in [4.69, 9.17) is 21.7 Å².